The monoisotopic (exact) mass is 560 g/mol. The van der Waals surface area contributed by atoms with E-state index < -0.39 is 0 Å². The Bertz CT molecular complexity index is 2230. The van der Waals surface area contributed by atoms with Crippen molar-refractivity contribution >= 4 is 66.9 Å². The maximum atomic E-state index is 5.13. The van der Waals surface area contributed by atoms with Gasteiger partial charge >= 0.3 is 0 Å². The topological polar surface area (TPSA) is 24.7 Å². The summed E-state index contributed by atoms with van der Waals surface area (Å²) in [7, 11) is 0. The van der Waals surface area contributed by atoms with E-state index in [1.165, 1.54) is 32.3 Å². The molecule has 0 atom stereocenters. The van der Waals surface area contributed by atoms with Crippen molar-refractivity contribution < 1.29 is 0 Å². The minimum atomic E-state index is 0.912. The van der Waals surface area contributed by atoms with Crippen molar-refractivity contribution in [1.82, 2.24) is 0 Å². The van der Waals surface area contributed by atoms with E-state index in [9.17, 15) is 0 Å². The average molecular weight is 561 g/mol. The molecule has 8 aromatic carbocycles. The number of hydrogen-bond donors (Lipinski definition) is 0. The summed E-state index contributed by atoms with van der Waals surface area (Å²) in [6.07, 6.45) is 3.95. The van der Waals surface area contributed by atoms with Crippen molar-refractivity contribution in [1.29, 1.82) is 0 Å². The SMILES string of the molecule is C(=Nc1ccc2ccccc2c1-c1c(N=Cc2ccc3ccccc3c2)ccc2ccccc12)c1ccc2ccccc2c1. The molecule has 0 aromatic heterocycles. The summed E-state index contributed by atoms with van der Waals surface area (Å²) in [6, 6.07) is 55.5. The summed E-state index contributed by atoms with van der Waals surface area (Å²) in [5.41, 5.74) is 6.13. The van der Waals surface area contributed by atoms with E-state index >= 15 is 0 Å². The lowest BCUT2D eigenvalue weighted by atomic mass is 9.91. The van der Waals surface area contributed by atoms with Crippen molar-refractivity contribution in [2.24, 2.45) is 9.98 Å². The number of hydrogen-bond acceptors (Lipinski definition) is 2. The van der Waals surface area contributed by atoms with Gasteiger partial charge in [-0.3, -0.25) is 9.98 Å². The zero-order valence-electron chi connectivity index (χ0n) is 24.1. The Balaban J connectivity index is 1.33. The Morgan fingerprint density at radius 2 is 0.682 bits per heavy atom. The van der Waals surface area contributed by atoms with E-state index in [1.807, 2.05) is 12.4 Å². The number of rotatable bonds is 5. The molecular weight excluding hydrogens is 532 g/mol. The number of fused-ring (bicyclic) bond motifs is 4. The quantitative estimate of drug-likeness (QED) is 0.187. The molecule has 0 heterocycles. The minimum absolute atomic E-state index is 0.912. The Morgan fingerprint density at radius 3 is 1.14 bits per heavy atom. The third-order valence-corrected chi connectivity index (χ3v) is 8.32. The van der Waals surface area contributed by atoms with Crippen LogP contribution in [0.15, 0.2) is 168 Å². The van der Waals surface area contributed by atoms with Gasteiger partial charge in [0.15, 0.2) is 0 Å². The lowest BCUT2D eigenvalue weighted by Gasteiger charge is -2.16. The van der Waals surface area contributed by atoms with E-state index in [1.54, 1.807) is 0 Å². The van der Waals surface area contributed by atoms with Crippen molar-refractivity contribution in [2.45, 2.75) is 0 Å². The van der Waals surface area contributed by atoms with Crippen LogP contribution >= 0.6 is 0 Å². The van der Waals surface area contributed by atoms with Crippen LogP contribution in [0, 0.1) is 0 Å². The summed E-state index contributed by atoms with van der Waals surface area (Å²) >= 11 is 0. The fraction of sp³-hybridized carbons (Fsp3) is 0. The van der Waals surface area contributed by atoms with Gasteiger partial charge in [0.2, 0.25) is 0 Å². The molecule has 44 heavy (non-hydrogen) atoms. The molecule has 0 N–H and O–H groups in total. The Morgan fingerprint density at radius 1 is 0.318 bits per heavy atom. The molecule has 0 spiro atoms. The van der Waals surface area contributed by atoms with Crippen LogP contribution in [-0.4, -0.2) is 12.4 Å². The molecule has 2 nitrogen and oxygen atoms in total. The fourth-order valence-electron chi connectivity index (χ4n) is 6.13. The Labute approximate surface area is 256 Å². The van der Waals surface area contributed by atoms with Gasteiger partial charge in [0.1, 0.15) is 0 Å². The largest absolute Gasteiger partial charge is 0.256 e. The first kappa shape index (κ1) is 25.8. The highest BCUT2D eigenvalue weighted by atomic mass is 14.7. The Hall–Kier alpha value is -5.86. The second kappa shape index (κ2) is 11.1. The smallest absolute Gasteiger partial charge is 0.0715 e. The molecular formula is C42H28N2. The molecule has 8 aromatic rings. The second-order valence-corrected chi connectivity index (χ2v) is 11.1. The summed E-state index contributed by atoms with van der Waals surface area (Å²) in [6.45, 7) is 0. The molecule has 0 saturated carbocycles. The van der Waals surface area contributed by atoms with E-state index in [4.69, 9.17) is 9.98 Å². The normalized spacial score (nSPS) is 11.9. The molecule has 0 bridgehead atoms. The zero-order chi connectivity index (χ0) is 29.3. The van der Waals surface area contributed by atoms with Crippen LogP contribution in [0.25, 0.3) is 54.2 Å². The van der Waals surface area contributed by atoms with Gasteiger partial charge in [-0.25, -0.2) is 0 Å². The Kier molecular flexibility index (Phi) is 6.51. The lowest BCUT2D eigenvalue weighted by molar-refractivity contribution is 1.51. The highest BCUT2D eigenvalue weighted by Gasteiger charge is 2.16. The van der Waals surface area contributed by atoms with Gasteiger partial charge in [-0.05, 0) is 78.5 Å². The van der Waals surface area contributed by atoms with Gasteiger partial charge in [0, 0.05) is 23.6 Å². The van der Waals surface area contributed by atoms with Gasteiger partial charge in [-0.15, -0.1) is 0 Å². The van der Waals surface area contributed by atoms with Crippen LogP contribution in [0.5, 0.6) is 0 Å². The molecule has 0 aliphatic rings. The average Bonchev–Trinajstić information content (AvgIpc) is 3.09. The number of aliphatic imine (C=N–C) groups is 2. The van der Waals surface area contributed by atoms with Crippen LogP contribution in [0.1, 0.15) is 11.1 Å². The minimum Gasteiger partial charge on any atom is -0.256 e. The van der Waals surface area contributed by atoms with E-state index in [-0.39, 0.29) is 0 Å². The maximum Gasteiger partial charge on any atom is 0.0715 e. The van der Waals surface area contributed by atoms with Crippen LogP contribution in [0.2, 0.25) is 0 Å². The van der Waals surface area contributed by atoms with Gasteiger partial charge in [0.05, 0.1) is 11.4 Å². The predicted octanol–water partition coefficient (Wildman–Crippen LogP) is 11.5. The standard InChI is InChI=1S/C42H28N2/c1-3-13-35-25-29(17-19-31(35)9-1)27-43-39-23-21-33-11-5-7-15-37(33)41(39)42-38-16-8-6-12-34(38)22-24-40(42)44-28-30-18-20-32-10-2-4-14-36(32)26-30/h1-28H. The first-order chi connectivity index (χ1) is 21.8. The van der Waals surface area contributed by atoms with Crippen molar-refractivity contribution in [2.75, 3.05) is 0 Å². The molecule has 0 aliphatic carbocycles. The van der Waals surface area contributed by atoms with Crippen molar-refractivity contribution in [3.05, 3.63) is 169 Å². The highest BCUT2D eigenvalue weighted by molar-refractivity contribution is 6.13. The third kappa shape index (κ3) is 4.83. The molecule has 2 heteroatoms. The highest BCUT2D eigenvalue weighted by Crippen LogP contribution is 2.45. The third-order valence-electron chi connectivity index (χ3n) is 8.32. The molecule has 8 rings (SSSR count). The van der Waals surface area contributed by atoms with Crippen LogP contribution in [0.3, 0.4) is 0 Å². The van der Waals surface area contributed by atoms with E-state index in [0.29, 0.717) is 0 Å². The van der Waals surface area contributed by atoms with Crippen molar-refractivity contribution in [3.63, 3.8) is 0 Å². The van der Waals surface area contributed by atoms with E-state index in [2.05, 4.69) is 158 Å². The first-order valence-corrected chi connectivity index (χ1v) is 14.9. The zero-order valence-corrected chi connectivity index (χ0v) is 24.1. The molecule has 0 aliphatic heterocycles. The second-order valence-electron chi connectivity index (χ2n) is 11.1. The molecule has 0 radical (unpaired) electrons. The molecule has 0 fully saturated rings. The van der Waals surface area contributed by atoms with Crippen molar-refractivity contribution in [3.8, 4) is 11.1 Å². The molecule has 0 amide bonds. The molecule has 0 saturated heterocycles. The van der Waals surface area contributed by atoms with Crippen LogP contribution < -0.4 is 0 Å². The van der Waals surface area contributed by atoms with Gasteiger partial charge in [0.25, 0.3) is 0 Å². The first-order valence-electron chi connectivity index (χ1n) is 14.9. The predicted molar refractivity (Wildman–Crippen MR) is 189 cm³/mol. The number of nitrogens with zero attached hydrogens (tertiary/aromatic N) is 2. The van der Waals surface area contributed by atoms with Crippen LogP contribution in [0.4, 0.5) is 11.4 Å². The fourth-order valence-corrected chi connectivity index (χ4v) is 6.13. The molecule has 206 valence electrons. The van der Waals surface area contributed by atoms with Gasteiger partial charge < -0.3 is 0 Å². The summed E-state index contributed by atoms with van der Waals surface area (Å²) < 4.78 is 0. The van der Waals surface area contributed by atoms with Gasteiger partial charge in [-0.1, -0.05) is 133 Å². The summed E-state index contributed by atoms with van der Waals surface area (Å²) in [4.78, 5) is 10.3. The van der Waals surface area contributed by atoms with Gasteiger partial charge in [-0.2, -0.15) is 0 Å². The maximum absolute atomic E-state index is 5.13. The lowest BCUT2D eigenvalue weighted by Crippen LogP contribution is -1.89. The summed E-state index contributed by atoms with van der Waals surface area (Å²) in [5, 5.41) is 9.50. The van der Waals surface area contributed by atoms with Crippen LogP contribution in [-0.2, 0) is 0 Å². The summed E-state index contributed by atoms with van der Waals surface area (Å²) in [5.74, 6) is 0. The molecule has 0 unspecified atom stereocenters. The number of benzene rings is 8. The van der Waals surface area contributed by atoms with E-state index in [0.717, 1.165) is 44.4 Å².